The molecule has 0 fully saturated rings. The van der Waals surface area contributed by atoms with Gasteiger partial charge in [-0.3, -0.25) is 0 Å². The third-order valence-electron chi connectivity index (χ3n) is 3.79. The third kappa shape index (κ3) is 2.95. The van der Waals surface area contributed by atoms with Crippen molar-refractivity contribution in [2.75, 3.05) is 0 Å². The van der Waals surface area contributed by atoms with Crippen LogP contribution in [0, 0.1) is 0 Å². The molecular formula is C15H15F3N2O. The van der Waals surface area contributed by atoms with Crippen LogP contribution in [-0.2, 0) is 25.6 Å². The van der Waals surface area contributed by atoms with Gasteiger partial charge in [0.25, 0.3) is 0 Å². The van der Waals surface area contributed by atoms with E-state index in [0.29, 0.717) is 13.0 Å². The second-order valence-electron chi connectivity index (χ2n) is 5.34. The zero-order valence-corrected chi connectivity index (χ0v) is 11.3. The summed E-state index contributed by atoms with van der Waals surface area (Å²) >= 11 is 0. The van der Waals surface area contributed by atoms with Crippen molar-refractivity contribution >= 4 is 0 Å². The van der Waals surface area contributed by atoms with Gasteiger partial charge >= 0.3 is 6.18 Å². The summed E-state index contributed by atoms with van der Waals surface area (Å²) in [6, 6.07) is 5.13. The zero-order valence-electron chi connectivity index (χ0n) is 11.3. The van der Waals surface area contributed by atoms with Crippen molar-refractivity contribution in [1.29, 1.82) is 0 Å². The van der Waals surface area contributed by atoms with Gasteiger partial charge in [0.05, 0.1) is 18.2 Å². The Morgan fingerprint density at radius 2 is 1.95 bits per heavy atom. The number of aliphatic hydroxyl groups excluding tert-OH is 1. The molecule has 1 N–H and O–H groups in total. The molecule has 0 aliphatic carbocycles. The van der Waals surface area contributed by atoms with Crippen molar-refractivity contribution in [2.45, 2.75) is 38.1 Å². The minimum atomic E-state index is -4.31. The fraction of sp³-hybridized carbons (Fsp3) is 0.400. The van der Waals surface area contributed by atoms with Gasteiger partial charge in [0, 0.05) is 18.3 Å². The highest BCUT2D eigenvalue weighted by Gasteiger charge is 2.30. The van der Waals surface area contributed by atoms with Crippen molar-refractivity contribution in [3.05, 3.63) is 53.1 Å². The first-order chi connectivity index (χ1) is 9.93. The minimum Gasteiger partial charge on any atom is -0.391 e. The van der Waals surface area contributed by atoms with Crippen LogP contribution in [0.3, 0.4) is 0 Å². The molecule has 3 nitrogen and oxygen atoms in total. The Labute approximate surface area is 120 Å². The molecule has 0 spiro atoms. The number of halogens is 3. The molecule has 0 amide bonds. The molecule has 0 saturated carbocycles. The summed E-state index contributed by atoms with van der Waals surface area (Å²) in [5.74, 6) is 0.781. The first-order valence-corrected chi connectivity index (χ1v) is 6.81. The number of hydrogen-bond donors (Lipinski definition) is 1. The van der Waals surface area contributed by atoms with Crippen LogP contribution < -0.4 is 0 Å². The highest BCUT2D eigenvalue weighted by atomic mass is 19.4. The molecule has 0 saturated heterocycles. The summed E-state index contributed by atoms with van der Waals surface area (Å²) in [5, 5.41) is 9.72. The maximum Gasteiger partial charge on any atom is 0.416 e. The average Bonchev–Trinajstić information content (AvgIpc) is 2.81. The Hall–Kier alpha value is -1.82. The Kier molecular flexibility index (Phi) is 3.49. The van der Waals surface area contributed by atoms with Crippen LogP contribution in [-0.4, -0.2) is 20.8 Å². The quantitative estimate of drug-likeness (QED) is 0.925. The van der Waals surface area contributed by atoms with Gasteiger partial charge < -0.3 is 9.67 Å². The zero-order chi connectivity index (χ0) is 15.0. The molecule has 1 unspecified atom stereocenters. The first kappa shape index (κ1) is 14.1. The molecule has 112 valence electrons. The molecule has 2 heterocycles. The van der Waals surface area contributed by atoms with Crippen molar-refractivity contribution in [1.82, 2.24) is 9.55 Å². The summed E-state index contributed by atoms with van der Waals surface area (Å²) in [7, 11) is 0. The molecule has 1 atom stereocenters. The van der Waals surface area contributed by atoms with Crippen LogP contribution >= 0.6 is 0 Å². The van der Waals surface area contributed by atoms with Crippen LogP contribution in [0.15, 0.2) is 30.5 Å². The number of hydrogen-bond acceptors (Lipinski definition) is 2. The van der Waals surface area contributed by atoms with Gasteiger partial charge in [-0.1, -0.05) is 12.1 Å². The van der Waals surface area contributed by atoms with E-state index < -0.39 is 11.7 Å². The third-order valence-corrected chi connectivity index (χ3v) is 3.79. The molecule has 1 aliphatic rings. The van der Waals surface area contributed by atoms with E-state index in [-0.39, 0.29) is 6.10 Å². The Balaban J connectivity index is 1.80. The highest BCUT2D eigenvalue weighted by molar-refractivity contribution is 5.27. The molecule has 6 heteroatoms. The molecule has 0 radical (unpaired) electrons. The van der Waals surface area contributed by atoms with Crippen LogP contribution in [0.4, 0.5) is 13.2 Å². The molecular weight excluding hydrogens is 281 g/mol. The van der Waals surface area contributed by atoms with Gasteiger partial charge in [-0.05, 0) is 30.5 Å². The number of imidazole rings is 1. The van der Waals surface area contributed by atoms with Gasteiger partial charge in [0.1, 0.15) is 5.82 Å². The van der Waals surface area contributed by atoms with Crippen LogP contribution in [0.25, 0.3) is 0 Å². The smallest absolute Gasteiger partial charge is 0.391 e. The normalized spacial score (nSPS) is 18.6. The highest BCUT2D eigenvalue weighted by Crippen LogP contribution is 2.29. The van der Waals surface area contributed by atoms with Crippen molar-refractivity contribution in [2.24, 2.45) is 0 Å². The Morgan fingerprint density at radius 1 is 1.24 bits per heavy atom. The summed E-state index contributed by atoms with van der Waals surface area (Å²) in [4.78, 5) is 4.33. The van der Waals surface area contributed by atoms with E-state index >= 15 is 0 Å². The van der Waals surface area contributed by atoms with E-state index in [1.165, 1.54) is 12.1 Å². The maximum absolute atomic E-state index is 12.5. The molecule has 1 aromatic heterocycles. The second-order valence-corrected chi connectivity index (χ2v) is 5.34. The van der Waals surface area contributed by atoms with E-state index in [4.69, 9.17) is 0 Å². The summed E-state index contributed by atoms with van der Waals surface area (Å²) in [5.41, 5.74) is 1.20. The van der Waals surface area contributed by atoms with Crippen molar-refractivity contribution in [3.8, 4) is 0 Å². The topological polar surface area (TPSA) is 38.1 Å². The SMILES string of the molecule is OC1CCc2cnc(Cc3ccc(C(F)(F)F)cc3)n2C1. The second kappa shape index (κ2) is 5.18. The minimum absolute atomic E-state index is 0.377. The van der Waals surface area contributed by atoms with E-state index in [9.17, 15) is 18.3 Å². The number of aromatic nitrogens is 2. The van der Waals surface area contributed by atoms with Crippen LogP contribution in [0.1, 0.15) is 29.1 Å². The van der Waals surface area contributed by atoms with E-state index in [1.54, 1.807) is 6.20 Å². The van der Waals surface area contributed by atoms with E-state index in [2.05, 4.69) is 4.98 Å². The van der Waals surface area contributed by atoms with Crippen LogP contribution in [0.5, 0.6) is 0 Å². The lowest BCUT2D eigenvalue weighted by Crippen LogP contribution is -2.25. The lowest BCUT2D eigenvalue weighted by atomic mass is 10.1. The fourth-order valence-corrected chi connectivity index (χ4v) is 2.63. The standard InChI is InChI=1S/C15H15F3N2O/c16-15(17,18)11-3-1-10(2-4-11)7-14-19-8-12-5-6-13(21)9-20(12)14/h1-4,8,13,21H,5-7,9H2. The molecule has 0 bridgehead atoms. The predicted molar refractivity (Wildman–Crippen MR) is 70.8 cm³/mol. The lowest BCUT2D eigenvalue weighted by molar-refractivity contribution is -0.137. The summed E-state index contributed by atoms with van der Waals surface area (Å²) < 4.78 is 39.5. The van der Waals surface area contributed by atoms with Gasteiger partial charge in [0.15, 0.2) is 0 Å². The molecule has 1 aliphatic heterocycles. The number of rotatable bonds is 2. The molecule has 3 rings (SSSR count). The first-order valence-electron chi connectivity index (χ1n) is 6.81. The Bertz CT molecular complexity index is 631. The van der Waals surface area contributed by atoms with Gasteiger partial charge in [-0.25, -0.2) is 4.98 Å². The van der Waals surface area contributed by atoms with Gasteiger partial charge in [-0.15, -0.1) is 0 Å². The number of alkyl halides is 3. The average molecular weight is 296 g/mol. The molecule has 1 aromatic carbocycles. The number of aryl methyl sites for hydroxylation is 1. The Morgan fingerprint density at radius 3 is 2.62 bits per heavy atom. The lowest BCUT2D eigenvalue weighted by Gasteiger charge is -2.21. The number of fused-ring (bicyclic) bond motifs is 1. The molecule has 2 aromatic rings. The fourth-order valence-electron chi connectivity index (χ4n) is 2.63. The summed E-state index contributed by atoms with van der Waals surface area (Å²) in [6.45, 7) is 0.505. The van der Waals surface area contributed by atoms with Crippen LogP contribution in [0.2, 0.25) is 0 Å². The van der Waals surface area contributed by atoms with E-state index in [1.807, 2.05) is 4.57 Å². The van der Waals surface area contributed by atoms with Gasteiger partial charge in [-0.2, -0.15) is 13.2 Å². The van der Waals surface area contributed by atoms with Crippen molar-refractivity contribution in [3.63, 3.8) is 0 Å². The number of benzene rings is 1. The monoisotopic (exact) mass is 296 g/mol. The van der Waals surface area contributed by atoms with Gasteiger partial charge in [0.2, 0.25) is 0 Å². The maximum atomic E-state index is 12.5. The molecule has 21 heavy (non-hydrogen) atoms. The summed E-state index contributed by atoms with van der Waals surface area (Å²) in [6.07, 6.45) is -0.934. The van der Waals surface area contributed by atoms with Crippen molar-refractivity contribution < 1.29 is 18.3 Å². The largest absolute Gasteiger partial charge is 0.416 e. The number of aliphatic hydroxyl groups is 1. The number of nitrogens with zero attached hydrogens (tertiary/aromatic N) is 2. The van der Waals surface area contributed by atoms with E-state index in [0.717, 1.165) is 42.1 Å². The predicted octanol–water partition coefficient (Wildman–Crippen LogP) is 2.80.